The molecular formula is C17H17N5O2. The second-order valence-electron chi connectivity index (χ2n) is 5.34. The minimum atomic E-state index is -0.217. The Balaban J connectivity index is 1.58. The lowest BCUT2D eigenvalue weighted by atomic mass is 10.1. The molecule has 0 spiro atoms. The molecule has 24 heavy (non-hydrogen) atoms. The number of tetrazole rings is 1. The molecule has 1 aromatic heterocycles. The molecule has 1 heterocycles. The van der Waals surface area contributed by atoms with E-state index in [2.05, 4.69) is 20.8 Å². The summed E-state index contributed by atoms with van der Waals surface area (Å²) in [5.74, 6) is 0.505. The summed E-state index contributed by atoms with van der Waals surface area (Å²) in [6.45, 7) is 3.94. The normalized spacial score (nSPS) is 10.4. The fourth-order valence-corrected chi connectivity index (χ4v) is 2.20. The van der Waals surface area contributed by atoms with Crippen molar-refractivity contribution in [3.8, 4) is 11.4 Å². The highest BCUT2D eigenvalue weighted by Gasteiger charge is 2.07. The van der Waals surface area contributed by atoms with Crippen LogP contribution in [0.15, 0.2) is 48.8 Å². The Morgan fingerprint density at radius 2 is 1.96 bits per heavy atom. The van der Waals surface area contributed by atoms with Gasteiger partial charge in [0.25, 0.3) is 5.91 Å². The molecule has 0 bridgehead atoms. The molecule has 0 atom stereocenters. The van der Waals surface area contributed by atoms with Gasteiger partial charge >= 0.3 is 0 Å². The van der Waals surface area contributed by atoms with Gasteiger partial charge in [-0.2, -0.15) is 0 Å². The molecule has 0 saturated carbocycles. The molecule has 2 aromatic carbocycles. The first-order chi connectivity index (χ1) is 11.6. The van der Waals surface area contributed by atoms with E-state index in [9.17, 15) is 4.79 Å². The zero-order valence-corrected chi connectivity index (χ0v) is 13.4. The average molecular weight is 323 g/mol. The first-order valence-electron chi connectivity index (χ1n) is 7.46. The Kier molecular flexibility index (Phi) is 4.51. The standard InChI is InChI=1S/C17H17N5O2/c1-12-4-3-5-16(13(12)2)24-10-17(23)19-14-6-8-15(9-7-14)22-11-18-20-21-22/h3-9,11H,10H2,1-2H3,(H,19,23). The molecule has 0 radical (unpaired) electrons. The number of hydrogen-bond donors (Lipinski definition) is 1. The van der Waals surface area contributed by atoms with Crippen LogP contribution in [-0.4, -0.2) is 32.7 Å². The van der Waals surface area contributed by atoms with Gasteiger partial charge in [-0.15, -0.1) is 5.10 Å². The Morgan fingerprint density at radius 1 is 1.17 bits per heavy atom. The van der Waals surface area contributed by atoms with Crippen molar-refractivity contribution in [2.24, 2.45) is 0 Å². The maximum Gasteiger partial charge on any atom is 0.262 e. The third-order valence-corrected chi connectivity index (χ3v) is 3.68. The fraction of sp³-hybridized carbons (Fsp3) is 0.176. The summed E-state index contributed by atoms with van der Waals surface area (Å²) < 4.78 is 7.13. The van der Waals surface area contributed by atoms with Gasteiger partial charge in [0, 0.05) is 5.69 Å². The third-order valence-electron chi connectivity index (χ3n) is 3.68. The number of rotatable bonds is 5. The minimum absolute atomic E-state index is 0.0426. The number of aryl methyl sites for hydroxylation is 1. The zero-order chi connectivity index (χ0) is 16.9. The monoisotopic (exact) mass is 323 g/mol. The maximum atomic E-state index is 12.0. The molecule has 3 rings (SSSR count). The summed E-state index contributed by atoms with van der Waals surface area (Å²) in [5, 5.41) is 13.8. The molecule has 0 aliphatic carbocycles. The van der Waals surface area contributed by atoms with Crippen molar-refractivity contribution in [3.05, 3.63) is 59.9 Å². The molecule has 0 aliphatic rings. The van der Waals surface area contributed by atoms with Crippen LogP contribution >= 0.6 is 0 Å². The number of hydrogen-bond acceptors (Lipinski definition) is 5. The second kappa shape index (κ2) is 6.91. The van der Waals surface area contributed by atoms with Crippen molar-refractivity contribution in [2.75, 3.05) is 11.9 Å². The van der Waals surface area contributed by atoms with Crippen LogP contribution in [0, 0.1) is 13.8 Å². The number of anilines is 1. The van der Waals surface area contributed by atoms with Crippen molar-refractivity contribution in [1.29, 1.82) is 0 Å². The molecule has 122 valence electrons. The first kappa shape index (κ1) is 15.7. The van der Waals surface area contributed by atoms with Crippen LogP contribution in [0.2, 0.25) is 0 Å². The van der Waals surface area contributed by atoms with Crippen LogP contribution in [0.4, 0.5) is 5.69 Å². The molecule has 0 fully saturated rings. The van der Waals surface area contributed by atoms with Gasteiger partial charge in [0.1, 0.15) is 12.1 Å². The lowest BCUT2D eigenvalue weighted by Crippen LogP contribution is -2.20. The van der Waals surface area contributed by atoms with Gasteiger partial charge in [-0.3, -0.25) is 4.79 Å². The van der Waals surface area contributed by atoms with Gasteiger partial charge in [0.05, 0.1) is 5.69 Å². The van der Waals surface area contributed by atoms with Crippen LogP contribution in [-0.2, 0) is 4.79 Å². The summed E-state index contributed by atoms with van der Waals surface area (Å²) in [7, 11) is 0. The molecule has 1 N–H and O–H groups in total. The average Bonchev–Trinajstić information content (AvgIpc) is 3.11. The highest BCUT2D eigenvalue weighted by Crippen LogP contribution is 2.20. The number of amides is 1. The summed E-state index contributed by atoms with van der Waals surface area (Å²) in [6.07, 6.45) is 1.51. The molecule has 7 nitrogen and oxygen atoms in total. The van der Waals surface area contributed by atoms with Crippen LogP contribution in [0.3, 0.4) is 0 Å². The first-order valence-corrected chi connectivity index (χ1v) is 7.46. The zero-order valence-electron chi connectivity index (χ0n) is 13.4. The highest BCUT2D eigenvalue weighted by atomic mass is 16.5. The van der Waals surface area contributed by atoms with Crippen LogP contribution < -0.4 is 10.1 Å². The molecule has 1 amide bonds. The lowest BCUT2D eigenvalue weighted by molar-refractivity contribution is -0.118. The van der Waals surface area contributed by atoms with Crippen LogP contribution in [0.5, 0.6) is 5.75 Å². The van der Waals surface area contributed by atoms with E-state index in [4.69, 9.17) is 4.74 Å². The number of nitrogens with zero attached hydrogens (tertiary/aromatic N) is 4. The molecule has 7 heteroatoms. The van der Waals surface area contributed by atoms with Crippen molar-refractivity contribution < 1.29 is 9.53 Å². The second-order valence-corrected chi connectivity index (χ2v) is 5.34. The van der Waals surface area contributed by atoms with E-state index in [1.807, 2.05) is 44.2 Å². The topological polar surface area (TPSA) is 81.9 Å². The lowest BCUT2D eigenvalue weighted by Gasteiger charge is -2.11. The van der Waals surface area contributed by atoms with E-state index >= 15 is 0 Å². The SMILES string of the molecule is Cc1cccc(OCC(=O)Nc2ccc(-n3cnnn3)cc2)c1C. The molecule has 0 unspecified atom stereocenters. The number of benzene rings is 2. The highest BCUT2D eigenvalue weighted by molar-refractivity contribution is 5.91. The number of aromatic nitrogens is 4. The minimum Gasteiger partial charge on any atom is -0.483 e. The summed E-state index contributed by atoms with van der Waals surface area (Å²) in [5.41, 5.74) is 3.66. The molecule has 0 saturated heterocycles. The van der Waals surface area contributed by atoms with E-state index in [1.54, 1.807) is 12.1 Å². The van der Waals surface area contributed by atoms with E-state index in [-0.39, 0.29) is 12.5 Å². The van der Waals surface area contributed by atoms with Crippen molar-refractivity contribution in [3.63, 3.8) is 0 Å². The Bertz CT molecular complexity index is 829. The van der Waals surface area contributed by atoms with E-state index < -0.39 is 0 Å². The summed E-state index contributed by atoms with van der Waals surface area (Å²) in [6, 6.07) is 13.0. The van der Waals surface area contributed by atoms with Gasteiger partial charge in [0.2, 0.25) is 0 Å². The van der Waals surface area contributed by atoms with E-state index in [0.29, 0.717) is 5.69 Å². The maximum absolute atomic E-state index is 12.0. The van der Waals surface area contributed by atoms with Gasteiger partial charge in [-0.05, 0) is 65.7 Å². The smallest absolute Gasteiger partial charge is 0.262 e. The summed E-state index contributed by atoms with van der Waals surface area (Å²) in [4.78, 5) is 12.0. The van der Waals surface area contributed by atoms with Gasteiger partial charge in [0.15, 0.2) is 6.61 Å². The largest absolute Gasteiger partial charge is 0.483 e. The predicted molar refractivity (Wildman–Crippen MR) is 89.2 cm³/mol. The van der Waals surface area contributed by atoms with Gasteiger partial charge in [-0.25, -0.2) is 4.68 Å². The predicted octanol–water partition coefficient (Wildman–Crippen LogP) is 2.30. The van der Waals surface area contributed by atoms with Gasteiger partial charge in [-0.1, -0.05) is 12.1 Å². The van der Waals surface area contributed by atoms with Gasteiger partial charge < -0.3 is 10.1 Å². The van der Waals surface area contributed by atoms with Crippen molar-refractivity contribution >= 4 is 11.6 Å². The third kappa shape index (κ3) is 3.57. The quantitative estimate of drug-likeness (QED) is 0.779. The van der Waals surface area contributed by atoms with Crippen LogP contribution in [0.25, 0.3) is 5.69 Å². The Hall–Kier alpha value is -3.22. The molecule has 0 aliphatic heterocycles. The van der Waals surface area contributed by atoms with Crippen LogP contribution in [0.1, 0.15) is 11.1 Å². The number of ether oxygens (including phenoxy) is 1. The van der Waals surface area contributed by atoms with Crippen molar-refractivity contribution in [2.45, 2.75) is 13.8 Å². The fourth-order valence-electron chi connectivity index (χ4n) is 2.20. The Labute approximate surface area is 139 Å². The van der Waals surface area contributed by atoms with E-state index in [0.717, 1.165) is 22.6 Å². The molecular weight excluding hydrogens is 306 g/mol. The van der Waals surface area contributed by atoms with Crippen molar-refractivity contribution in [1.82, 2.24) is 20.2 Å². The number of nitrogens with one attached hydrogen (secondary N) is 1. The number of carbonyl (C=O) groups is 1. The van der Waals surface area contributed by atoms with E-state index in [1.165, 1.54) is 11.0 Å². The summed E-state index contributed by atoms with van der Waals surface area (Å²) >= 11 is 0. The molecule has 3 aromatic rings. The number of carbonyl (C=O) groups excluding carboxylic acids is 1. The Morgan fingerprint density at radius 3 is 2.67 bits per heavy atom.